The van der Waals surface area contributed by atoms with Gasteiger partial charge in [0.05, 0.1) is 11.7 Å². The lowest BCUT2D eigenvalue weighted by molar-refractivity contribution is 0.637. The molecule has 0 N–H and O–H groups in total. The molecule has 0 amide bonds. The minimum atomic E-state index is -0.270. The number of benzene rings is 4. The summed E-state index contributed by atoms with van der Waals surface area (Å²) in [6, 6.07) is 32.4. The first-order chi connectivity index (χ1) is 24.2. The van der Waals surface area contributed by atoms with Gasteiger partial charge in [-0.25, -0.2) is 9.97 Å². The van der Waals surface area contributed by atoms with Crippen LogP contribution in [-0.4, -0.2) is 16.0 Å². The molecule has 4 aromatic carbocycles. The SMILES string of the molecule is C/C=C\C=C\C12CC3=C4c5c(ccc(c51)-c1ccccc12)N(c1nc(-c2ccccc2)c2oc5ccccc5c2n1)C4CC=C3/C=C\CC. The number of allylic oxidation sites excluding steroid dienone is 8. The second-order valence-electron chi connectivity index (χ2n) is 13.5. The summed E-state index contributed by atoms with van der Waals surface area (Å²) in [4.78, 5) is 13.2. The van der Waals surface area contributed by atoms with Crippen molar-refractivity contribution in [2.24, 2.45) is 0 Å². The summed E-state index contributed by atoms with van der Waals surface area (Å²) in [5.74, 6) is 0.715. The normalized spacial score (nSPS) is 20.4. The van der Waals surface area contributed by atoms with Crippen molar-refractivity contribution in [2.45, 2.75) is 44.6 Å². The summed E-state index contributed by atoms with van der Waals surface area (Å²) in [5.41, 5.74) is 16.2. The van der Waals surface area contributed by atoms with Crippen LogP contribution >= 0.6 is 0 Å². The van der Waals surface area contributed by atoms with Gasteiger partial charge in [-0.05, 0) is 83.4 Å². The predicted molar refractivity (Wildman–Crippen MR) is 201 cm³/mol. The Bertz CT molecular complexity index is 2510. The molecule has 1 aliphatic heterocycles. The smallest absolute Gasteiger partial charge is 0.231 e. The van der Waals surface area contributed by atoms with Gasteiger partial charge in [0.15, 0.2) is 5.58 Å². The van der Waals surface area contributed by atoms with E-state index in [9.17, 15) is 0 Å². The van der Waals surface area contributed by atoms with Gasteiger partial charge in [0, 0.05) is 21.9 Å². The molecule has 4 nitrogen and oxygen atoms in total. The molecule has 6 aromatic rings. The van der Waals surface area contributed by atoms with Gasteiger partial charge in [-0.3, -0.25) is 0 Å². The van der Waals surface area contributed by atoms with E-state index in [4.69, 9.17) is 14.4 Å². The minimum Gasteiger partial charge on any atom is -0.452 e. The highest BCUT2D eigenvalue weighted by atomic mass is 16.3. The van der Waals surface area contributed by atoms with Crippen LogP contribution in [-0.2, 0) is 5.41 Å². The predicted octanol–water partition coefficient (Wildman–Crippen LogP) is 11.4. The number of rotatable bonds is 6. The summed E-state index contributed by atoms with van der Waals surface area (Å²) < 4.78 is 6.48. The van der Waals surface area contributed by atoms with E-state index in [1.54, 1.807) is 0 Å². The fourth-order valence-corrected chi connectivity index (χ4v) is 8.91. The Labute approximate surface area is 286 Å². The van der Waals surface area contributed by atoms with Crippen molar-refractivity contribution in [3.63, 3.8) is 0 Å². The molecule has 4 heteroatoms. The molecule has 2 aromatic heterocycles. The Morgan fingerprint density at radius 3 is 2.61 bits per heavy atom. The van der Waals surface area contributed by atoms with Crippen molar-refractivity contribution >= 4 is 39.3 Å². The maximum Gasteiger partial charge on any atom is 0.231 e. The highest BCUT2D eigenvalue weighted by Crippen LogP contribution is 2.65. The fourth-order valence-electron chi connectivity index (χ4n) is 8.91. The highest BCUT2D eigenvalue weighted by Gasteiger charge is 2.53. The van der Waals surface area contributed by atoms with Crippen molar-refractivity contribution in [1.82, 2.24) is 9.97 Å². The second-order valence-corrected chi connectivity index (χ2v) is 13.5. The van der Waals surface area contributed by atoms with Crippen molar-refractivity contribution in [3.8, 4) is 22.4 Å². The summed E-state index contributed by atoms with van der Waals surface area (Å²) >= 11 is 0. The first-order valence-corrected chi connectivity index (χ1v) is 17.4. The number of aromatic nitrogens is 2. The summed E-state index contributed by atoms with van der Waals surface area (Å²) in [6.45, 7) is 4.30. The lowest BCUT2D eigenvalue weighted by Gasteiger charge is -2.39. The quantitative estimate of drug-likeness (QED) is 0.171. The molecule has 0 saturated heterocycles. The second kappa shape index (κ2) is 10.6. The van der Waals surface area contributed by atoms with E-state index in [0.717, 1.165) is 52.6 Å². The van der Waals surface area contributed by atoms with E-state index in [1.807, 2.05) is 18.2 Å². The van der Waals surface area contributed by atoms with Gasteiger partial charge < -0.3 is 9.32 Å². The maximum absolute atomic E-state index is 6.48. The van der Waals surface area contributed by atoms with Crippen LogP contribution < -0.4 is 4.90 Å². The largest absolute Gasteiger partial charge is 0.452 e. The summed E-state index contributed by atoms with van der Waals surface area (Å²) in [6.07, 6.45) is 18.9. The zero-order valence-corrected chi connectivity index (χ0v) is 27.7. The van der Waals surface area contributed by atoms with Gasteiger partial charge in [0.2, 0.25) is 5.95 Å². The molecule has 3 aliphatic carbocycles. The molecule has 2 unspecified atom stereocenters. The number of hydrogen-bond donors (Lipinski definition) is 0. The monoisotopic (exact) mass is 633 g/mol. The molecule has 0 radical (unpaired) electrons. The van der Waals surface area contributed by atoms with Crippen molar-refractivity contribution in [2.75, 3.05) is 4.90 Å². The lowest BCUT2D eigenvalue weighted by atomic mass is 9.63. The van der Waals surface area contributed by atoms with Crippen molar-refractivity contribution in [3.05, 3.63) is 161 Å². The summed E-state index contributed by atoms with van der Waals surface area (Å²) in [5, 5.41) is 1.01. The number of nitrogens with zero attached hydrogens (tertiary/aromatic N) is 3. The van der Waals surface area contributed by atoms with Crippen LogP contribution in [0.3, 0.4) is 0 Å². The van der Waals surface area contributed by atoms with Gasteiger partial charge in [-0.1, -0.05) is 122 Å². The molecular weight excluding hydrogens is 599 g/mol. The summed E-state index contributed by atoms with van der Waals surface area (Å²) in [7, 11) is 0. The Morgan fingerprint density at radius 2 is 1.73 bits per heavy atom. The zero-order valence-electron chi connectivity index (χ0n) is 27.7. The first-order valence-electron chi connectivity index (χ1n) is 17.4. The number of furan rings is 1. The topological polar surface area (TPSA) is 42.2 Å². The first kappa shape index (κ1) is 28.3. The van der Waals surface area contributed by atoms with Crippen molar-refractivity contribution < 1.29 is 4.42 Å². The van der Waals surface area contributed by atoms with Crippen LogP contribution in [0.25, 0.3) is 50.0 Å². The maximum atomic E-state index is 6.48. The Morgan fingerprint density at radius 1 is 0.898 bits per heavy atom. The Hall–Kier alpha value is -5.74. The van der Waals surface area contributed by atoms with E-state index < -0.39 is 0 Å². The van der Waals surface area contributed by atoms with Gasteiger partial charge in [-0.15, -0.1) is 0 Å². The number of para-hydroxylation sites is 1. The van der Waals surface area contributed by atoms with Crippen LogP contribution in [0.2, 0.25) is 0 Å². The van der Waals surface area contributed by atoms with E-state index in [-0.39, 0.29) is 11.5 Å². The molecule has 10 rings (SSSR count). The third kappa shape index (κ3) is 3.86. The number of fused-ring (bicyclic) bond motifs is 6. The van der Waals surface area contributed by atoms with E-state index in [0.29, 0.717) is 5.95 Å². The molecule has 0 fully saturated rings. The molecule has 4 aliphatic rings. The number of anilines is 2. The molecular formula is C45H35N3O. The standard InChI is InChI=1S/C45H35N3O/c1-3-5-14-26-45-27-33-28(15-6-4-2)22-24-35-38(33)39-36(25-23-31(40(39)45)30-18-10-12-20-34(30)45)48(35)44-46-41(29-16-8-7-9-17-29)43-42(47-44)32-19-11-13-21-37(32)49-43/h3,5-23,25-26,35H,4,24,27H2,1-2H3/b5-3-,15-6-,26-14+. The molecule has 3 heterocycles. The molecule has 2 atom stereocenters. The minimum absolute atomic E-state index is 0.0933. The zero-order chi connectivity index (χ0) is 32.7. The van der Waals surface area contributed by atoms with E-state index >= 15 is 0 Å². The average molecular weight is 634 g/mol. The molecule has 49 heavy (non-hydrogen) atoms. The molecule has 0 spiro atoms. The van der Waals surface area contributed by atoms with Gasteiger partial charge in [-0.2, -0.15) is 0 Å². The van der Waals surface area contributed by atoms with E-state index in [2.05, 4.69) is 134 Å². The van der Waals surface area contributed by atoms with Gasteiger partial charge >= 0.3 is 0 Å². The van der Waals surface area contributed by atoms with Crippen molar-refractivity contribution in [1.29, 1.82) is 0 Å². The highest BCUT2D eigenvalue weighted by molar-refractivity contribution is 6.08. The Kier molecular flexibility index (Phi) is 6.14. The molecule has 236 valence electrons. The third-order valence-corrected chi connectivity index (χ3v) is 10.9. The lowest BCUT2D eigenvalue weighted by Crippen LogP contribution is -2.33. The molecule has 0 saturated carbocycles. The van der Waals surface area contributed by atoms with Crippen LogP contribution in [0, 0.1) is 0 Å². The van der Waals surface area contributed by atoms with Crippen LogP contribution in [0.15, 0.2) is 149 Å². The average Bonchev–Trinajstić information content (AvgIpc) is 3.78. The fraction of sp³-hybridized carbons (Fsp3) is 0.156. The van der Waals surface area contributed by atoms with E-state index in [1.165, 1.54) is 50.2 Å². The van der Waals surface area contributed by atoms with Gasteiger partial charge in [0.1, 0.15) is 16.8 Å². The molecule has 0 bridgehead atoms. The Balaban J connectivity index is 1.28. The van der Waals surface area contributed by atoms with Crippen LogP contribution in [0.5, 0.6) is 0 Å². The number of hydrogen-bond acceptors (Lipinski definition) is 4. The van der Waals surface area contributed by atoms with Crippen LogP contribution in [0.4, 0.5) is 11.6 Å². The van der Waals surface area contributed by atoms with Gasteiger partial charge in [0.25, 0.3) is 0 Å². The third-order valence-electron chi connectivity index (χ3n) is 10.9. The van der Waals surface area contributed by atoms with Crippen LogP contribution in [0.1, 0.15) is 49.8 Å².